The van der Waals surface area contributed by atoms with Crippen LogP contribution in [-0.2, 0) is 34.3 Å². The number of amides is 2. The molecule has 0 radical (unpaired) electrons. The molecule has 1 heterocycles. The van der Waals surface area contributed by atoms with E-state index < -0.39 is 0 Å². The van der Waals surface area contributed by atoms with Crippen LogP contribution in [0, 0.1) is 5.92 Å². The average molecular weight is 414 g/mol. The molecule has 0 aliphatic carbocycles. The summed E-state index contributed by atoms with van der Waals surface area (Å²) >= 11 is 0. The van der Waals surface area contributed by atoms with Crippen LogP contribution >= 0.6 is 0 Å². The van der Waals surface area contributed by atoms with Crippen LogP contribution in [0.3, 0.4) is 0 Å². The van der Waals surface area contributed by atoms with Crippen LogP contribution in [0.5, 0.6) is 0 Å². The second kappa shape index (κ2) is 12.2. The Labute approximate surface area is 180 Å². The summed E-state index contributed by atoms with van der Waals surface area (Å²) < 4.78 is 7.20. The van der Waals surface area contributed by atoms with E-state index in [1.54, 1.807) is 16.9 Å². The number of methoxy groups -OCH3 is 1. The Morgan fingerprint density at radius 1 is 1.03 bits per heavy atom. The van der Waals surface area contributed by atoms with Gasteiger partial charge >= 0.3 is 0 Å². The van der Waals surface area contributed by atoms with Crippen LogP contribution in [0.4, 0.5) is 0 Å². The van der Waals surface area contributed by atoms with E-state index in [1.807, 2.05) is 60.3 Å². The predicted octanol–water partition coefficient (Wildman–Crippen LogP) is 3.12. The van der Waals surface area contributed by atoms with Gasteiger partial charge in [-0.25, -0.2) is 0 Å². The zero-order chi connectivity index (χ0) is 21.9. The number of carbonyl (C=O) groups is 2. The highest BCUT2D eigenvalue weighted by atomic mass is 16.5. The molecular weight excluding hydrogens is 378 g/mol. The van der Waals surface area contributed by atoms with Gasteiger partial charge in [-0.05, 0) is 30.0 Å². The number of hydrogen-bond acceptors (Lipinski definition) is 3. The van der Waals surface area contributed by atoms with Crippen LogP contribution in [0.2, 0.25) is 0 Å². The first-order valence-electron chi connectivity index (χ1n) is 10.6. The number of carbonyl (C=O) groups excluding carboxylic acids is 2. The maximum atomic E-state index is 13.1. The van der Waals surface area contributed by atoms with Crippen LogP contribution in [0.25, 0.3) is 0 Å². The lowest BCUT2D eigenvalue weighted by Crippen LogP contribution is -2.45. The number of nitrogens with zero attached hydrogens (tertiary/aromatic N) is 3. The summed E-state index contributed by atoms with van der Waals surface area (Å²) in [5.41, 5.74) is 2.18. The number of benzene rings is 1. The summed E-state index contributed by atoms with van der Waals surface area (Å²) in [5, 5.41) is 0. The maximum absolute atomic E-state index is 13.1. The van der Waals surface area contributed by atoms with Crippen molar-refractivity contribution in [2.24, 2.45) is 13.0 Å². The first kappa shape index (κ1) is 23.7. The van der Waals surface area contributed by atoms with Gasteiger partial charge in [0.05, 0.1) is 19.7 Å². The molecule has 2 amide bonds. The molecule has 1 aromatic carbocycles. The molecule has 0 aliphatic heterocycles. The molecule has 164 valence electrons. The minimum absolute atomic E-state index is 0.0199. The highest BCUT2D eigenvalue weighted by Crippen LogP contribution is 2.10. The number of ether oxygens (including phenoxy) is 1. The van der Waals surface area contributed by atoms with E-state index in [0.29, 0.717) is 45.0 Å². The molecule has 0 unspecified atom stereocenters. The summed E-state index contributed by atoms with van der Waals surface area (Å²) in [7, 11) is 3.59. The highest BCUT2D eigenvalue weighted by molar-refractivity contribution is 5.85. The van der Waals surface area contributed by atoms with Gasteiger partial charge in [0.1, 0.15) is 0 Å². The van der Waals surface area contributed by atoms with Crippen molar-refractivity contribution in [2.75, 3.05) is 33.4 Å². The van der Waals surface area contributed by atoms with Gasteiger partial charge in [0, 0.05) is 45.6 Å². The highest BCUT2D eigenvalue weighted by Gasteiger charge is 2.22. The molecule has 6 heteroatoms. The first-order chi connectivity index (χ1) is 14.4. The molecule has 0 saturated heterocycles. The van der Waals surface area contributed by atoms with Crippen molar-refractivity contribution < 1.29 is 14.3 Å². The van der Waals surface area contributed by atoms with E-state index in [2.05, 4.69) is 13.8 Å². The maximum Gasteiger partial charge on any atom is 0.242 e. The van der Waals surface area contributed by atoms with Gasteiger partial charge < -0.3 is 19.1 Å². The Morgan fingerprint density at radius 2 is 1.77 bits per heavy atom. The van der Waals surface area contributed by atoms with Crippen molar-refractivity contribution in [3.63, 3.8) is 0 Å². The van der Waals surface area contributed by atoms with Crippen LogP contribution in [0.15, 0.2) is 48.7 Å². The molecular formula is C24H35N3O3. The van der Waals surface area contributed by atoms with E-state index in [0.717, 1.165) is 11.3 Å². The lowest BCUT2D eigenvalue weighted by atomic mass is 10.1. The Bertz CT molecular complexity index is 786. The summed E-state index contributed by atoms with van der Waals surface area (Å²) in [6.45, 7) is 6.25. The molecule has 0 atom stereocenters. The van der Waals surface area contributed by atoms with Gasteiger partial charge in [0.15, 0.2) is 0 Å². The molecule has 0 aliphatic rings. The monoisotopic (exact) mass is 413 g/mol. The quantitative estimate of drug-likeness (QED) is 0.537. The van der Waals surface area contributed by atoms with E-state index >= 15 is 0 Å². The smallest absolute Gasteiger partial charge is 0.242 e. The third-order valence-electron chi connectivity index (χ3n) is 5.06. The molecule has 2 aromatic rings. The SMILES string of the molecule is COCCN(Cc1cccn1C)C(=O)CN(CC(C)C)C(=O)CCc1ccccc1. The summed E-state index contributed by atoms with van der Waals surface area (Å²) in [5.74, 6) is 0.257. The van der Waals surface area contributed by atoms with E-state index in [1.165, 1.54) is 0 Å². The Balaban J connectivity index is 2.04. The lowest BCUT2D eigenvalue weighted by molar-refractivity contribution is -0.141. The summed E-state index contributed by atoms with van der Waals surface area (Å²) in [6, 6.07) is 13.9. The molecule has 0 spiro atoms. The molecule has 30 heavy (non-hydrogen) atoms. The zero-order valence-electron chi connectivity index (χ0n) is 18.7. The molecule has 0 bridgehead atoms. The second-order valence-electron chi connectivity index (χ2n) is 8.07. The summed E-state index contributed by atoms with van der Waals surface area (Å²) in [4.78, 5) is 29.5. The van der Waals surface area contributed by atoms with Gasteiger partial charge in [0.25, 0.3) is 0 Å². The number of aryl methyl sites for hydroxylation is 2. The van der Waals surface area contributed by atoms with Gasteiger partial charge in [-0.15, -0.1) is 0 Å². The molecule has 0 saturated carbocycles. The van der Waals surface area contributed by atoms with E-state index in [-0.39, 0.29) is 18.4 Å². The lowest BCUT2D eigenvalue weighted by Gasteiger charge is -2.29. The average Bonchev–Trinajstić information content (AvgIpc) is 3.13. The van der Waals surface area contributed by atoms with Crippen LogP contribution < -0.4 is 0 Å². The molecule has 1 aromatic heterocycles. The topological polar surface area (TPSA) is 54.8 Å². The molecule has 0 fully saturated rings. The normalized spacial score (nSPS) is 11.0. The largest absolute Gasteiger partial charge is 0.383 e. The van der Waals surface area contributed by atoms with E-state index in [4.69, 9.17) is 4.74 Å². The minimum atomic E-state index is -0.0537. The fourth-order valence-corrected chi connectivity index (χ4v) is 3.36. The van der Waals surface area contributed by atoms with Crippen molar-refractivity contribution in [1.29, 1.82) is 0 Å². The van der Waals surface area contributed by atoms with Gasteiger partial charge in [-0.1, -0.05) is 44.2 Å². The fraction of sp³-hybridized carbons (Fsp3) is 0.500. The number of hydrogen-bond donors (Lipinski definition) is 0. The summed E-state index contributed by atoms with van der Waals surface area (Å²) in [6.07, 6.45) is 3.05. The standard InChI is InChI=1S/C24H35N3O3/c1-20(2)17-27(23(28)13-12-21-9-6-5-7-10-21)19-24(29)26(15-16-30-4)18-22-11-8-14-25(22)3/h5-11,14,20H,12-13,15-19H2,1-4H3. The van der Waals surface area contributed by atoms with Crippen molar-refractivity contribution in [3.05, 3.63) is 59.9 Å². The Morgan fingerprint density at radius 3 is 2.37 bits per heavy atom. The number of aromatic nitrogens is 1. The van der Waals surface area contributed by atoms with Crippen LogP contribution in [-0.4, -0.2) is 59.5 Å². The van der Waals surface area contributed by atoms with Crippen molar-refractivity contribution >= 4 is 11.8 Å². The first-order valence-corrected chi connectivity index (χ1v) is 10.6. The Kier molecular flexibility index (Phi) is 9.61. The van der Waals surface area contributed by atoms with Gasteiger partial charge in [-0.3, -0.25) is 9.59 Å². The molecule has 2 rings (SSSR count). The van der Waals surface area contributed by atoms with Crippen molar-refractivity contribution in [3.8, 4) is 0 Å². The third kappa shape index (κ3) is 7.67. The number of rotatable bonds is 12. The fourth-order valence-electron chi connectivity index (χ4n) is 3.36. The van der Waals surface area contributed by atoms with Crippen molar-refractivity contribution in [2.45, 2.75) is 33.2 Å². The van der Waals surface area contributed by atoms with Gasteiger partial charge in [-0.2, -0.15) is 0 Å². The second-order valence-corrected chi connectivity index (χ2v) is 8.07. The third-order valence-corrected chi connectivity index (χ3v) is 5.06. The molecule has 0 N–H and O–H groups in total. The Hall–Kier alpha value is -2.60. The van der Waals surface area contributed by atoms with E-state index in [9.17, 15) is 9.59 Å². The molecule has 6 nitrogen and oxygen atoms in total. The predicted molar refractivity (Wildman–Crippen MR) is 119 cm³/mol. The zero-order valence-corrected chi connectivity index (χ0v) is 18.7. The van der Waals surface area contributed by atoms with Gasteiger partial charge in [0.2, 0.25) is 11.8 Å². The minimum Gasteiger partial charge on any atom is -0.383 e. The van der Waals surface area contributed by atoms with Crippen molar-refractivity contribution in [1.82, 2.24) is 14.4 Å². The van der Waals surface area contributed by atoms with Crippen LogP contribution in [0.1, 0.15) is 31.5 Å².